The van der Waals surface area contributed by atoms with E-state index < -0.39 is 20.0 Å². The number of rotatable bonds is 4. The molecule has 138 valence electrons. The Kier molecular flexibility index (Phi) is 5.20. The highest BCUT2D eigenvalue weighted by atomic mass is 32.2. The Labute approximate surface area is 158 Å². The van der Waals surface area contributed by atoms with E-state index in [9.17, 15) is 16.8 Å². The standard InChI is InChI=1S/C19H16N2O4S2/c1-15-14-16(20-26(22,23)17-8-4-2-5-9-17)12-13-19(15)21-27(24,25)18-10-6-3-7-11-18/h2-14H,1H3/b20-16-,21-19-. The van der Waals surface area contributed by atoms with E-state index in [1.54, 1.807) is 43.3 Å². The maximum atomic E-state index is 12.4. The molecule has 1 aliphatic carbocycles. The Balaban J connectivity index is 1.92. The van der Waals surface area contributed by atoms with Crippen LogP contribution in [0.3, 0.4) is 0 Å². The van der Waals surface area contributed by atoms with Crippen LogP contribution >= 0.6 is 0 Å². The summed E-state index contributed by atoms with van der Waals surface area (Å²) in [6, 6.07) is 15.7. The second-order valence-corrected chi connectivity index (χ2v) is 8.94. The van der Waals surface area contributed by atoms with E-state index in [4.69, 9.17) is 0 Å². The molecule has 0 amide bonds. The van der Waals surface area contributed by atoms with Crippen molar-refractivity contribution in [3.63, 3.8) is 0 Å². The summed E-state index contributed by atoms with van der Waals surface area (Å²) in [5, 5.41) is 0. The fraction of sp³-hybridized carbons (Fsp3) is 0.0526. The van der Waals surface area contributed by atoms with Crippen molar-refractivity contribution in [3.05, 3.63) is 84.5 Å². The van der Waals surface area contributed by atoms with Gasteiger partial charge in [-0.05, 0) is 55.0 Å². The van der Waals surface area contributed by atoms with Crippen molar-refractivity contribution < 1.29 is 16.8 Å². The fourth-order valence-corrected chi connectivity index (χ4v) is 4.43. The summed E-state index contributed by atoms with van der Waals surface area (Å²) < 4.78 is 57.0. The largest absolute Gasteiger partial charge is 0.282 e. The smallest absolute Gasteiger partial charge is 0.199 e. The molecule has 27 heavy (non-hydrogen) atoms. The lowest BCUT2D eigenvalue weighted by Gasteiger charge is -2.09. The van der Waals surface area contributed by atoms with E-state index >= 15 is 0 Å². The van der Waals surface area contributed by atoms with Crippen molar-refractivity contribution in [3.8, 4) is 0 Å². The summed E-state index contributed by atoms with van der Waals surface area (Å²) in [5.41, 5.74) is 0.932. The minimum Gasteiger partial charge on any atom is -0.199 e. The predicted octanol–water partition coefficient (Wildman–Crippen LogP) is 3.16. The van der Waals surface area contributed by atoms with Gasteiger partial charge < -0.3 is 0 Å². The summed E-state index contributed by atoms with van der Waals surface area (Å²) in [6.07, 6.45) is 4.35. The fourth-order valence-electron chi connectivity index (χ4n) is 2.36. The van der Waals surface area contributed by atoms with Crippen LogP contribution < -0.4 is 0 Å². The summed E-state index contributed by atoms with van der Waals surface area (Å²) in [6.45, 7) is 1.65. The highest BCUT2D eigenvalue weighted by Crippen LogP contribution is 2.17. The molecule has 0 unspecified atom stereocenters. The molecular formula is C19H16N2O4S2. The maximum Gasteiger partial charge on any atom is 0.282 e. The molecular weight excluding hydrogens is 384 g/mol. The van der Waals surface area contributed by atoms with Crippen molar-refractivity contribution in [2.45, 2.75) is 16.7 Å². The van der Waals surface area contributed by atoms with Gasteiger partial charge in [0.05, 0.1) is 21.2 Å². The Morgan fingerprint density at radius 1 is 0.667 bits per heavy atom. The van der Waals surface area contributed by atoms with Gasteiger partial charge in [-0.2, -0.15) is 25.6 Å². The quantitative estimate of drug-likeness (QED) is 0.737. The van der Waals surface area contributed by atoms with Crippen molar-refractivity contribution in [2.24, 2.45) is 8.80 Å². The van der Waals surface area contributed by atoms with Crippen LogP contribution in [0.25, 0.3) is 0 Å². The zero-order valence-electron chi connectivity index (χ0n) is 14.3. The maximum absolute atomic E-state index is 12.4. The van der Waals surface area contributed by atoms with Crippen LogP contribution in [-0.2, 0) is 20.0 Å². The first kappa shape index (κ1) is 18.9. The Hall–Kier alpha value is -2.84. The Morgan fingerprint density at radius 2 is 1.15 bits per heavy atom. The van der Waals surface area contributed by atoms with Crippen molar-refractivity contribution in [2.75, 3.05) is 0 Å². The third-order valence-corrected chi connectivity index (χ3v) is 6.33. The van der Waals surface area contributed by atoms with Crippen LogP contribution in [0.15, 0.2) is 103 Å². The summed E-state index contributed by atoms with van der Waals surface area (Å²) in [4.78, 5) is 0.174. The second kappa shape index (κ2) is 7.42. The predicted molar refractivity (Wildman–Crippen MR) is 105 cm³/mol. The number of hydrogen-bond donors (Lipinski definition) is 0. The van der Waals surface area contributed by atoms with Crippen LogP contribution in [0.4, 0.5) is 0 Å². The topological polar surface area (TPSA) is 93.0 Å². The molecule has 0 saturated heterocycles. The molecule has 0 heterocycles. The highest BCUT2D eigenvalue weighted by Gasteiger charge is 2.17. The molecule has 6 nitrogen and oxygen atoms in total. The number of sulfonamides is 2. The van der Waals surface area contributed by atoms with Gasteiger partial charge in [0.1, 0.15) is 0 Å². The molecule has 0 aliphatic heterocycles. The zero-order chi connectivity index (χ0) is 19.5. The molecule has 0 spiro atoms. The van der Waals surface area contributed by atoms with Gasteiger partial charge in [0.15, 0.2) is 0 Å². The first-order valence-corrected chi connectivity index (χ1v) is 10.8. The van der Waals surface area contributed by atoms with E-state index in [2.05, 4.69) is 8.80 Å². The Morgan fingerprint density at radius 3 is 1.63 bits per heavy atom. The lowest BCUT2D eigenvalue weighted by molar-refractivity contribution is 0.596. The average Bonchev–Trinajstić information content (AvgIpc) is 2.65. The number of allylic oxidation sites excluding steroid dienone is 4. The molecule has 1 aliphatic rings. The van der Waals surface area contributed by atoms with Gasteiger partial charge in [-0.15, -0.1) is 0 Å². The van der Waals surface area contributed by atoms with Gasteiger partial charge in [-0.3, -0.25) is 0 Å². The number of nitrogens with zero attached hydrogens (tertiary/aromatic N) is 2. The van der Waals surface area contributed by atoms with Gasteiger partial charge in [0, 0.05) is 0 Å². The van der Waals surface area contributed by atoms with Crippen LogP contribution in [0.5, 0.6) is 0 Å². The zero-order valence-corrected chi connectivity index (χ0v) is 16.0. The molecule has 2 aromatic rings. The second-order valence-electron chi connectivity index (χ2n) is 5.73. The molecule has 8 heteroatoms. The van der Waals surface area contributed by atoms with E-state index in [1.165, 1.54) is 42.5 Å². The SMILES string of the molecule is CC1=CC(=N\S(=O)(=O)c2ccccc2)/C=CC/1=N/S(=O)(=O)c1ccccc1. The minimum absolute atomic E-state index is 0.0862. The van der Waals surface area contributed by atoms with E-state index in [1.807, 2.05) is 0 Å². The van der Waals surface area contributed by atoms with Gasteiger partial charge in [0.2, 0.25) is 0 Å². The molecule has 2 aromatic carbocycles. The summed E-state index contributed by atoms with van der Waals surface area (Å²) in [5.74, 6) is 0. The van der Waals surface area contributed by atoms with Gasteiger partial charge in [-0.25, -0.2) is 0 Å². The van der Waals surface area contributed by atoms with Gasteiger partial charge in [-0.1, -0.05) is 36.4 Å². The van der Waals surface area contributed by atoms with Gasteiger partial charge in [0.25, 0.3) is 20.0 Å². The van der Waals surface area contributed by atoms with Crippen LogP contribution in [0, 0.1) is 0 Å². The van der Waals surface area contributed by atoms with Crippen molar-refractivity contribution >= 4 is 31.5 Å². The van der Waals surface area contributed by atoms with E-state index in [0.717, 1.165) is 0 Å². The number of hydrogen-bond acceptors (Lipinski definition) is 4. The van der Waals surface area contributed by atoms with Gasteiger partial charge >= 0.3 is 0 Å². The first-order chi connectivity index (χ1) is 12.8. The Bertz CT molecular complexity index is 1180. The van der Waals surface area contributed by atoms with Crippen LogP contribution in [0.1, 0.15) is 6.92 Å². The monoisotopic (exact) mass is 400 g/mol. The summed E-state index contributed by atoms with van der Waals surface area (Å²) in [7, 11) is -7.70. The molecule has 0 atom stereocenters. The van der Waals surface area contributed by atoms with Crippen molar-refractivity contribution in [1.82, 2.24) is 0 Å². The van der Waals surface area contributed by atoms with Crippen molar-refractivity contribution in [1.29, 1.82) is 0 Å². The highest BCUT2D eigenvalue weighted by molar-refractivity contribution is 7.90. The number of benzene rings is 2. The normalized spacial score (nSPS) is 17.9. The molecule has 0 N–H and O–H groups in total. The third-order valence-electron chi connectivity index (χ3n) is 3.71. The lowest BCUT2D eigenvalue weighted by Crippen LogP contribution is -2.11. The van der Waals surface area contributed by atoms with E-state index in [0.29, 0.717) is 5.57 Å². The molecule has 0 fully saturated rings. The molecule has 0 saturated carbocycles. The average molecular weight is 400 g/mol. The summed E-state index contributed by atoms with van der Waals surface area (Å²) >= 11 is 0. The van der Waals surface area contributed by atoms with E-state index in [-0.39, 0.29) is 21.2 Å². The van der Waals surface area contributed by atoms with Crippen LogP contribution in [-0.4, -0.2) is 28.3 Å². The molecule has 0 radical (unpaired) electrons. The van der Waals surface area contributed by atoms with Crippen LogP contribution in [0.2, 0.25) is 0 Å². The first-order valence-electron chi connectivity index (χ1n) is 7.95. The lowest BCUT2D eigenvalue weighted by atomic mass is 10.0. The molecule has 3 rings (SSSR count). The molecule has 0 aromatic heterocycles. The minimum atomic E-state index is -3.85. The molecule has 0 bridgehead atoms. The third kappa shape index (κ3) is 4.47.